The molecule has 0 N–H and O–H groups in total. The van der Waals surface area contributed by atoms with Gasteiger partial charge in [0, 0.05) is 12.0 Å². The number of likely N-dealkylation sites (tertiary alicyclic amines) is 1. The van der Waals surface area contributed by atoms with Crippen LogP contribution in [0.5, 0.6) is 0 Å². The minimum Gasteiger partial charge on any atom is -0.444 e. The van der Waals surface area contributed by atoms with E-state index in [0.717, 1.165) is 0 Å². The molecule has 0 aliphatic carbocycles. The zero-order valence-electron chi connectivity index (χ0n) is 15.4. The van der Waals surface area contributed by atoms with Crippen LogP contribution in [0.25, 0.3) is 0 Å². The summed E-state index contributed by atoms with van der Waals surface area (Å²) in [4.78, 5) is 27.3. The molecule has 0 bridgehead atoms. The molecule has 1 amide bonds. The van der Waals surface area contributed by atoms with Crippen molar-refractivity contribution in [1.82, 2.24) is 4.90 Å². The third-order valence-electron chi connectivity index (χ3n) is 4.34. The summed E-state index contributed by atoms with van der Waals surface area (Å²) in [6, 6.07) is 4.53. The van der Waals surface area contributed by atoms with Gasteiger partial charge in [0.25, 0.3) is 0 Å². The standard InChI is InChI=1S/C19H24Cl2FNO3/c1-5-8-19(16(24)12-6-7-14(20)15(21)9-12)10-13(22)11-23(19)17(25)26-18(2,3)4/h6-7,9,13H,5,8,10-11H2,1-4H3/t13-,19?/m1/s1. The van der Waals surface area contributed by atoms with E-state index in [9.17, 15) is 14.0 Å². The normalized spacial score (nSPS) is 23.2. The first-order valence-electron chi connectivity index (χ1n) is 8.64. The molecule has 0 aromatic heterocycles. The third kappa shape index (κ3) is 4.32. The first-order chi connectivity index (χ1) is 12.0. The second kappa shape index (κ2) is 7.73. The van der Waals surface area contributed by atoms with Gasteiger partial charge in [-0.05, 0) is 45.4 Å². The largest absolute Gasteiger partial charge is 0.444 e. The number of ketones is 1. The fourth-order valence-corrected chi connectivity index (χ4v) is 3.66. The van der Waals surface area contributed by atoms with Crippen LogP contribution in [0.4, 0.5) is 9.18 Å². The first kappa shape index (κ1) is 21.0. The molecule has 1 fully saturated rings. The third-order valence-corrected chi connectivity index (χ3v) is 5.08. The molecule has 1 aliphatic rings. The number of hydrogen-bond acceptors (Lipinski definition) is 3. The van der Waals surface area contributed by atoms with Crippen molar-refractivity contribution in [2.45, 2.75) is 64.3 Å². The van der Waals surface area contributed by atoms with E-state index in [1.165, 1.54) is 17.0 Å². The molecule has 1 heterocycles. The molecule has 2 atom stereocenters. The van der Waals surface area contributed by atoms with Gasteiger partial charge in [0.05, 0.1) is 16.6 Å². The van der Waals surface area contributed by atoms with Gasteiger partial charge in [-0.2, -0.15) is 0 Å². The van der Waals surface area contributed by atoms with Crippen molar-refractivity contribution in [3.8, 4) is 0 Å². The van der Waals surface area contributed by atoms with Crippen LogP contribution in [-0.2, 0) is 4.74 Å². The molecule has 7 heteroatoms. The van der Waals surface area contributed by atoms with Gasteiger partial charge < -0.3 is 4.74 Å². The van der Waals surface area contributed by atoms with E-state index in [1.807, 2.05) is 6.92 Å². The van der Waals surface area contributed by atoms with Crippen LogP contribution in [0.1, 0.15) is 57.3 Å². The fraction of sp³-hybridized carbons (Fsp3) is 0.579. The number of hydrogen-bond donors (Lipinski definition) is 0. The fourth-order valence-electron chi connectivity index (χ4n) is 3.37. The summed E-state index contributed by atoms with van der Waals surface area (Å²) >= 11 is 12.0. The van der Waals surface area contributed by atoms with E-state index >= 15 is 0 Å². The summed E-state index contributed by atoms with van der Waals surface area (Å²) in [6.07, 6.45) is -1.08. The number of amides is 1. The number of benzene rings is 1. The van der Waals surface area contributed by atoms with Crippen LogP contribution in [0.3, 0.4) is 0 Å². The number of carbonyl (C=O) groups is 2. The summed E-state index contributed by atoms with van der Waals surface area (Å²) in [5, 5.41) is 0.564. The Morgan fingerprint density at radius 3 is 2.50 bits per heavy atom. The van der Waals surface area contributed by atoms with E-state index in [0.29, 0.717) is 23.4 Å². The zero-order chi connectivity index (χ0) is 19.7. The molecule has 1 saturated heterocycles. The highest BCUT2D eigenvalue weighted by Gasteiger charge is 2.54. The van der Waals surface area contributed by atoms with Gasteiger partial charge in [0.1, 0.15) is 17.3 Å². The van der Waals surface area contributed by atoms with Crippen molar-refractivity contribution in [2.24, 2.45) is 0 Å². The van der Waals surface area contributed by atoms with Crippen LogP contribution in [0, 0.1) is 0 Å². The van der Waals surface area contributed by atoms with Gasteiger partial charge in [-0.15, -0.1) is 0 Å². The smallest absolute Gasteiger partial charge is 0.411 e. The van der Waals surface area contributed by atoms with E-state index in [-0.39, 0.29) is 23.8 Å². The van der Waals surface area contributed by atoms with Crippen molar-refractivity contribution >= 4 is 35.1 Å². The number of nitrogens with zero attached hydrogens (tertiary/aromatic N) is 1. The zero-order valence-corrected chi connectivity index (χ0v) is 17.0. The Balaban J connectivity index is 2.45. The maximum absolute atomic E-state index is 14.4. The quantitative estimate of drug-likeness (QED) is 0.606. The first-order valence-corrected chi connectivity index (χ1v) is 9.40. The summed E-state index contributed by atoms with van der Waals surface area (Å²) in [5.41, 5.74) is -1.72. The number of Topliss-reactive ketones (excluding diaryl/α,β-unsaturated/α-hetero) is 1. The number of alkyl halides is 1. The topological polar surface area (TPSA) is 46.6 Å². The summed E-state index contributed by atoms with van der Waals surface area (Å²) < 4.78 is 19.8. The number of rotatable bonds is 4. The number of carbonyl (C=O) groups excluding carboxylic acids is 2. The Bertz CT molecular complexity index is 705. The van der Waals surface area contributed by atoms with Crippen LogP contribution in [-0.4, -0.2) is 40.6 Å². The maximum Gasteiger partial charge on any atom is 0.411 e. The Hall–Kier alpha value is -1.33. The Morgan fingerprint density at radius 1 is 1.31 bits per heavy atom. The highest BCUT2D eigenvalue weighted by molar-refractivity contribution is 6.42. The number of halogens is 3. The molecule has 1 unspecified atom stereocenters. The van der Waals surface area contributed by atoms with Gasteiger partial charge in [-0.1, -0.05) is 36.5 Å². The molecule has 26 heavy (non-hydrogen) atoms. The summed E-state index contributed by atoms with van der Waals surface area (Å²) in [7, 11) is 0. The lowest BCUT2D eigenvalue weighted by Gasteiger charge is -2.37. The molecule has 0 saturated carbocycles. The summed E-state index contributed by atoms with van der Waals surface area (Å²) in [5.74, 6) is -0.344. The molecule has 0 radical (unpaired) electrons. The van der Waals surface area contributed by atoms with Gasteiger partial charge in [0.2, 0.25) is 0 Å². The van der Waals surface area contributed by atoms with Crippen molar-refractivity contribution in [3.63, 3.8) is 0 Å². The van der Waals surface area contributed by atoms with Crippen molar-refractivity contribution in [2.75, 3.05) is 6.54 Å². The van der Waals surface area contributed by atoms with Crippen molar-refractivity contribution in [3.05, 3.63) is 33.8 Å². The van der Waals surface area contributed by atoms with Gasteiger partial charge >= 0.3 is 6.09 Å². The average molecular weight is 404 g/mol. The minimum absolute atomic E-state index is 0.0564. The van der Waals surface area contributed by atoms with Crippen molar-refractivity contribution in [1.29, 1.82) is 0 Å². The van der Waals surface area contributed by atoms with E-state index in [1.54, 1.807) is 26.8 Å². The molecule has 1 aromatic carbocycles. The average Bonchev–Trinajstić information content (AvgIpc) is 2.86. The monoisotopic (exact) mass is 403 g/mol. The summed E-state index contributed by atoms with van der Waals surface area (Å²) in [6.45, 7) is 6.92. The molecular weight excluding hydrogens is 380 g/mol. The van der Waals surface area contributed by atoms with Crippen LogP contribution >= 0.6 is 23.2 Å². The van der Waals surface area contributed by atoms with Gasteiger partial charge in [0.15, 0.2) is 5.78 Å². The molecule has 144 valence electrons. The highest BCUT2D eigenvalue weighted by Crippen LogP contribution is 2.39. The lowest BCUT2D eigenvalue weighted by Crippen LogP contribution is -2.54. The maximum atomic E-state index is 14.4. The second-order valence-corrected chi connectivity index (χ2v) is 8.45. The van der Waals surface area contributed by atoms with Crippen molar-refractivity contribution < 1.29 is 18.7 Å². The molecule has 0 spiro atoms. The Kier molecular flexibility index (Phi) is 6.24. The van der Waals surface area contributed by atoms with Gasteiger partial charge in [-0.3, -0.25) is 9.69 Å². The lowest BCUT2D eigenvalue weighted by atomic mass is 9.82. The second-order valence-electron chi connectivity index (χ2n) is 7.63. The molecule has 2 rings (SSSR count). The van der Waals surface area contributed by atoms with Crippen LogP contribution < -0.4 is 0 Å². The Morgan fingerprint density at radius 2 is 1.96 bits per heavy atom. The number of ether oxygens (including phenoxy) is 1. The molecule has 4 nitrogen and oxygen atoms in total. The van der Waals surface area contributed by atoms with E-state index in [4.69, 9.17) is 27.9 Å². The molecular formula is C19H24Cl2FNO3. The SMILES string of the molecule is CCCC1(C(=O)c2ccc(Cl)c(Cl)c2)C[C@@H](F)CN1C(=O)OC(C)(C)C. The molecule has 1 aromatic rings. The van der Waals surface area contributed by atoms with Gasteiger partial charge in [-0.25, -0.2) is 9.18 Å². The lowest BCUT2D eigenvalue weighted by molar-refractivity contribution is 0.00704. The molecule has 1 aliphatic heterocycles. The van der Waals surface area contributed by atoms with E-state index < -0.39 is 23.4 Å². The highest BCUT2D eigenvalue weighted by atomic mass is 35.5. The predicted molar refractivity (Wildman–Crippen MR) is 101 cm³/mol. The van der Waals surface area contributed by atoms with Crippen LogP contribution in [0.2, 0.25) is 10.0 Å². The van der Waals surface area contributed by atoms with Crippen LogP contribution in [0.15, 0.2) is 18.2 Å². The van der Waals surface area contributed by atoms with E-state index in [2.05, 4.69) is 0 Å². The Labute approximate surface area is 163 Å². The predicted octanol–water partition coefficient (Wildman–Crippen LogP) is 5.69. The minimum atomic E-state index is -1.29.